The summed E-state index contributed by atoms with van der Waals surface area (Å²) in [6, 6.07) is 6.24. The summed E-state index contributed by atoms with van der Waals surface area (Å²) in [6.07, 6.45) is 1.08. The van der Waals surface area contributed by atoms with E-state index >= 15 is 0 Å². The van der Waals surface area contributed by atoms with Gasteiger partial charge in [-0.3, -0.25) is 0 Å². The molecule has 22 heavy (non-hydrogen) atoms. The standard InChI is InChI=1S/C13H16N4O4S/c1-16(2)13(18)17-9-14-12(15-17)22(19,20)8-10-5-4-6-11(7-10)21-3/h4-7,9H,8H2,1-3H3. The summed E-state index contributed by atoms with van der Waals surface area (Å²) in [5, 5.41) is 3.35. The van der Waals surface area contributed by atoms with E-state index in [-0.39, 0.29) is 10.9 Å². The molecule has 0 saturated carbocycles. The van der Waals surface area contributed by atoms with Crippen LogP contribution in [0.15, 0.2) is 35.7 Å². The molecule has 2 aromatic rings. The Morgan fingerprint density at radius 2 is 2.09 bits per heavy atom. The summed E-state index contributed by atoms with van der Waals surface area (Å²) in [7, 11) is 0.830. The number of sulfone groups is 1. The van der Waals surface area contributed by atoms with Gasteiger partial charge in [-0.1, -0.05) is 12.1 Å². The lowest BCUT2D eigenvalue weighted by Gasteiger charge is -2.08. The van der Waals surface area contributed by atoms with Crippen molar-refractivity contribution in [2.45, 2.75) is 10.9 Å². The maximum atomic E-state index is 12.3. The maximum absolute atomic E-state index is 12.3. The SMILES string of the molecule is COc1cccc(CS(=O)(=O)c2ncn(C(=O)N(C)C)n2)c1. The van der Waals surface area contributed by atoms with Crippen molar-refractivity contribution in [3.63, 3.8) is 0 Å². The van der Waals surface area contributed by atoms with Gasteiger partial charge in [-0.05, 0) is 17.7 Å². The topological polar surface area (TPSA) is 94.4 Å². The summed E-state index contributed by atoms with van der Waals surface area (Å²) in [6.45, 7) is 0. The molecule has 1 heterocycles. The average Bonchev–Trinajstić information content (AvgIpc) is 2.96. The number of hydrogen-bond donors (Lipinski definition) is 0. The molecule has 0 spiro atoms. The van der Waals surface area contributed by atoms with E-state index in [2.05, 4.69) is 10.1 Å². The van der Waals surface area contributed by atoms with E-state index in [9.17, 15) is 13.2 Å². The van der Waals surface area contributed by atoms with Crippen LogP contribution in [0.2, 0.25) is 0 Å². The third-order valence-electron chi connectivity index (χ3n) is 2.82. The molecule has 2 rings (SSSR count). The predicted octanol–water partition coefficient (Wildman–Crippen LogP) is 0.790. The van der Waals surface area contributed by atoms with Crippen molar-refractivity contribution in [3.05, 3.63) is 36.2 Å². The molecule has 1 amide bonds. The normalized spacial score (nSPS) is 11.2. The average molecular weight is 324 g/mol. The molecule has 9 heteroatoms. The Kier molecular flexibility index (Phi) is 4.45. The monoisotopic (exact) mass is 324 g/mol. The number of methoxy groups -OCH3 is 1. The largest absolute Gasteiger partial charge is 0.497 e. The molecule has 0 aliphatic carbocycles. The summed E-state index contributed by atoms with van der Waals surface area (Å²) >= 11 is 0. The molecular formula is C13H16N4O4S. The molecular weight excluding hydrogens is 308 g/mol. The number of amides is 1. The van der Waals surface area contributed by atoms with Gasteiger partial charge >= 0.3 is 6.03 Å². The van der Waals surface area contributed by atoms with E-state index in [1.54, 1.807) is 24.3 Å². The van der Waals surface area contributed by atoms with Gasteiger partial charge in [0.25, 0.3) is 5.16 Å². The van der Waals surface area contributed by atoms with Crippen LogP contribution in [0.4, 0.5) is 4.79 Å². The van der Waals surface area contributed by atoms with Crippen LogP contribution < -0.4 is 4.74 Å². The number of ether oxygens (including phenoxy) is 1. The second kappa shape index (κ2) is 6.14. The first-order chi connectivity index (χ1) is 10.3. The molecule has 0 unspecified atom stereocenters. The lowest BCUT2D eigenvalue weighted by Crippen LogP contribution is -2.27. The van der Waals surface area contributed by atoms with E-state index in [1.165, 1.54) is 26.1 Å². The van der Waals surface area contributed by atoms with Gasteiger partial charge < -0.3 is 9.64 Å². The lowest BCUT2D eigenvalue weighted by atomic mass is 10.2. The molecule has 8 nitrogen and oxygen atoms in total. The van der Waals surface area contributed by atoms with Crippen molar-refractivity contribution >= 4 is 15.9 Å². The first kappa shape index (κ1) is 16.0. The fourth-order valence-corrected chi connectivity index (χ4v) is 2.90. The Balaban J connectivity index is 2.25. The Hall–Kier alpha value is -2.42. The Labute approximate surface area is 128 Å². The first-order valence-corrected chi connectivity index (χ1v) is 7.98. The van der Waals surface area contributed by atoms with Crippen LogP contribution >= 0.6 is 0 Å². The quantitative estimate of drug-likeness (QED) is 0.825. The summed E-state index contributed by atoms with van der Waals surface area (Å²) < 4.78 is 30.5. The van der Waals surface area contributed by atoms with Crippen LogP contribution in [0.3, 0.4) is 0 Å². The molecule has 0 fully saturated rings. The van der Waals surface area contributed by atoms with Crippen LogP contribution in [-0.4, -0.2) is 55.3 Å². The zero-order valence-corrected chi connectivity index (χ0v) is 13.2. The fourth-order valence-electron chi connectivity index (χ4n) is 1.73. The number of rotatable bonds is 4. The Morgan fingerprint density at radius 3 is 2.73 bits per heavy atom. The van der Waals surface area contributed by atoms with E-state index in [0.717, 1.165) is 11.0 Å². The van der Waals surface area contributed by atoms with Crippen LogP contribution in [0.25, 0.3) is 0 Å². The summed E-state index contributed by atoms with van der Waals surface area (Å²) in [4.78, 5) is 16.7. The zero-order chi connectivity index (χ0) is 16.3. The molecule has 0 aliphatic heterocycles. The molecule has 0 N–H and O–H groups in total. The highest BCUT2D eigenvalue weighted by Crippen LogP contribution is 2.17. The molecule has 1 aromatic heterocycles. The lowest BCUT2D eigenvalue weighted by molar-refractivity contribution is 0.215. The summed E-state index contributed by atoms with van der Waals surface area (Å²) in [5.74, 6) is 0.290. The Morgan fingerprint density at radius 1 is 1.36 bits per heavy atom. The van der Waals surface area contributed by atoms with Gasteiger partial charge in [0, 0.05) is 14.1 Å². The highest BCUT2D eigenvalue weighted by atomic mass is 32.2. The number of carbonyl (C=O) groups is 1. The molecule has 0 aliphatic rings. The second-order valence-corrected chi connectivity index (χ2v) is 6.64. The van der Waals surface area contributed by atoms with Gasteiger partial charge in [-0.15, -0.1) is 5.10 Å². The van der Waals surface area contributed by atoms with Gasteiger partial charge in [-0.25, -0.2) is 18.2 Å². The van der Waals surface area contributed by atoms with Gasteiger partial charge in [0.2, 0.25) is 9.84 Å². The van der Waals surface area contributed by atoms with E-state index < -0.39 is 15.9 Å². The van der Waals surface area contributed by atoms with Gasteiger partial charge in [0.05, 0.1) is 12.9 Å². The Bertz CT molecular complexity index is 783. The van der Waals surface area contributed by atoms with Gasteiger partial charge in [-0.2, -0.15) is 4.68 Å². The van der Waals surface area contributed by atoms with Crippen molar-refractivity contribution in [1.29, 1.82) is 0 Å². The molecule has 0 bridgehead atoms. The van der Waals surface area contributed by atoms with E-state index in [4.69, 9.17) is 4.74 Å². The second-order valence-electron chi connectivity index (χ2n) is 4.76. The van der Waals surface area contributed by atoms with E-state index in [0.29, 0.717) is 11.3 Å². The molecule has 1 aromatic carbocycles. The third-order valence-corrected chi connectivity index (χ3v) is 4.28. The van der Waals surface area contributed by atoms with E-state index in [1.807, 2.05) is 0 Å². The number of nitrogens with zero attached hydrogens (tertiary/aromatic N) is 4. The minimum absolute atomic E-state index is 0.273. The number of hydrogen-bond acceptors (Lipinski definition) is 6. The first-order valence-electron chi connectivity index (χ1n) is 6.32. The van der Waals surface area contributed by atoms with Crippen molar-refractivity contribution in [1.82, 2.24) is 19.7 Å². The van der Waals surface area contributed by atoms with Gasteiger partial charge in [0.1, 0.15) is 12.1 Å². The van der Waals surface area contributed by atoms with Crippen molar-refractivity contribution < 1.29 is 17.9 Å². The van der Waals surface area contributed by atoms with Crippen LogP contribution in [0.1, 0.15) is 5.56 Å². The molecule has 0 saturated heterocycles. The fraction of sp³-hybridized carbons (Fsp3) is 0.308. The molecule has 0 radical (unpaired) electrons. The predicted molar refractivity (Wildman–Crippen MR) is 78.4 cm³/mol. The highest BCUT2D eigenvalue weighted by Gasteiger charge is 2.22. The van der Waals surface area contributed by atoms with Crippen LogP contribution in [-0.2, 0) is 15.6 Å². The van der Waals surface area contributed by atoms with Crippen LogP contribution in [0.5, 0.6) is 5.75 Å². The van der Waals surface area contributed by atoms with Crippen LogP contribution in [0, 0.1) is 0 Å². The molecule has 118 valence electrons. The number of carbonyl (C=O) groups excluding carboxylic acids is 1. The summed E-state index contributed by atoms with van der Waals surface area (Å²) in [5.41, 5.74) is 0.551. The molecule has 0 atom stereocenters. The minimum Gasteiger partial charge on any atom is -0.497 e. The van der Waals surface area contributed by atoms with Crippen molar-refractivity contribution in [2.24, 2.45) is 0 Å². The smallest absolute Gasteiger partial charge is 0.345 e. The number of benzene rings is 1. The zero-order valence-electron chi connectivity index (χ0n) is 12.4. The van der Waals surface area contributed by atoms with Crippen molar-refractivity contribution in [3.8, 4) is 5.75 Å². The number of aromatic nitrogens is 3. The minimum atomic E-state index is -3.75. The third kappa shape index (κ3) is 3.42. The maximum Gasteiger partial charge on any atom is 0.345 e. The van der Waals surface area contributed by atoms with Crippen molar-refractivity contribution in [2.75, 3.05) is 21.2 Å². The van der Waals surface area contributed by atoms with Gasteiger partial charge in [0.15, 0.2) is 0 Å². The highest BCUT2D eigenvalue weighted by molar-refractivity contribution is 7.90.